The van der Waals surface area contributed by atoms with Crippen molar-refractivity contribution in [2.45, 2.75) is 46.2 Å². The Hall–Kier alpha value is -1.13. The van der Waals surface area contributed by atoms with Crippen LogP contribution in [-0.4, -0.2) is 58.8 Å². The van der Waals surface area contributed by atoms with Crippen LogP contribution < -0.4 is 5.32 Å². The molecule has 0 amide bonds. The van der Waals surface area contributed by atoms with Crippen molar-refractivity contribution in [2.24, 2.45) is 12.0 Å². The molecule has 0 saturated carbocycles. The molecule has 29 heavy (non-hydrogen) atoms. The minimum Gasteiger partial charge on any atom is -0.357 e. The van der Waals surface area contributed by atoms with E-state index in [-0.39, 0.29) is 24.0 Å². The van der Waals surface area contributed by atoms with Crippen LogP contribution in [0.15, 0.2) is 22.6 Å². The van der Waals surface area contributed by atoms with Gasteiger partial charge in [0.25, 0.3) is 0 Å². The van der Waals surface area contributed by atoms with Crippen molar-refractivity contribution in [3.8, 4) is 0 Å². The fourth-order valence-corrected chi connectivity index (χ4v) is 4.65. The highest BCUT2D eigenvalue weighted by atomic mass is 127. The SMILES string of the molecule is CCNC(=NCCN1CCc2sccc2C1)N(C)Cc1cn(C)nc1C(C)C.I. The molecule has 0 radical (unpaired) electrons. The smallest absolute Gasteiger partial charge is 0.194 e. The molecule has 0 spiro atoms. The maximum absolute atomic E-state index is 4.89. The van der Waals surface area contributed by atoms with Crippen LogP contribution >= 0.6 is 35.3 Å². The van der Waals surface area contributed by atoms with E-state index in [2.05, 4.69) is 65.7 Å². The number of hydrogen-bond donors (Lipinski definition) is 1. The molecule has 1 aliphatic heterocycles. The number of rotatable bonds is 7. The van der Waals surface area contributed by atoms with Crippen molar-refractivity contribution < 1.29 is 0 Å². The van der Waals surface area contributed by atoms with E-state index >= 15 is 0 Å². The van der Waals surface area contributed by atoms with Crippen LogP contribution in [0.1, 0.15) is 48.4 Å². The molecule has 3 heterocycles. The van der Waals surface area contributed by atoms with Crippen LogP contribution in [0.3, 0.4) is 0 Å². The Balaban J connectivity index is 0.00000300. The molecule has 6 nitrogen and oxygen atoms in total. The van der Waals surface area contributed by atoms with Crippen LogP contribution in [0.25, 0.3) is 0 Å². The first kappa shape index (κ1) is 24.1. The van der Waals surface area contributed by atoms with E-state index in [1.807, 2.05) is 23.1 Å². The lowest BCUT2D eigenvalue weighted by Gasteiger charge is -2.27. The Kier molecular flexibility index (Phi) is 9.42. The van der Waals surface area contributed by atoms with Crippen molar-refractivity contribution in [2.75, 3.05) is 33.2 Å². The average Bonchev–Trinajstić information content (AvgIpc) is 3.26. The van der Waals surface area contributed by atoms with E-state index in [0.717, 1.165) is 45.2 Å². The van der Waals surface area contributed by atoms with Gasteiger partial charge >= 0.3 is 0 Å². The largest absolute Gasteiger partial charge is 0.357 e. The van der Waals surface area contributed by atoms with Gasteiger partial charge in [-0.05, 0) is 36.3 Å². The predicted octanol–water partition coefficient (Wildman–Crippen LogP) is 3.68. The molecule has 8 heteroatoms. The van der Waals surface area contributed by atoms with Crippen molar-refractivity contribution in [3.63, 3.8) is 0 Å². The number of thiophene rings is 1. The lowest BCUT2D eigenvalue weighted by atomic mass is 10.1. The first-order valence-electron chi connectivity index (χ1n) is 10.3. The van der Waals surface area contributed by atoms with Gasteiger partial charge in [-0.25, -0.2) is 0 Å². The highest BCUT2D eigenvalue weighted by Crippen LogP contribution is 2.23. The van der Waals surface area contributed by atoms with Gasteiger partial charge in [-0.15, -0.1) is 35.3 Å². The summed E-state index contributed by atoms with van der Waals surface area (Å²) in [5.41, 5.74) is 3.94. The molecule has 2 aromatic heterocycles. The molecule has 0 saturated heterocycles. The van der Waals surface area contributed by atoms with Gasteiger partial charge in [-0.1, -0.05) is 13.8 Å². The predicted molar refractivity (Wildman–Crippen MR) is 133 cm³/mol. The number of nitrogens with zero attached hydrogens (tertiary/aromatic N) is 5. The summed E-state index contributed by atoms with van der Waals surface area (Å²) in [7, 11) is 4.10. The molecule has 0 bridgehead atoms. The number of nitrogens with one attached hydrogen (secondary N) is 1. The van der Waals surface area contributed by atoms with Crippen molar-refractivity contribution in [1.29, 1.82) is 0 Å². The third-order valence-corrected chi connectivity index (χ3v) is 6.18. The van der Waals surface area contributed by atoms with Crippen LogP contribution in [0.4, 0.5) is 0 Å². The Morgan fingerprint density at radius 1 is 1.41 bits per heavy atom. The van der Waals surface area contributed by atoms with Crippen molar-refractivity contribution >= 4 is 41.3 Å². The van der Waals surface area contributed by atoms with Gasteiger partial charge in [0.05, 0.1) is 12.2 Å². The standard InChI is InChI=1S/C21H34N6S.HI/c1-6-22-21(25(4)13-18-14-26(5)24-20(18)16(2)3)23-9-11-27-10-7-19-17(15-27)8-12-28-19;/h8,12,14,16H,6-7,9-11,13,15H2,1-5H3,(H,22,23);1H. The third kappa shape index (κ3) is 6.42. The molecule has 1 N–H and O–H groups in total. The molecule has 0 fully saturated rings. The van der Waals surface area contributed by atoms with E-state index in [0.29, 0.717) is 5.92 Å². The molecular weight excluding hydrogens is 495 g/mol. The second kappa shape index (κ2) is 11.3. The summed E-state index contributed by atoms with van der Waals surface area (Å²) in [6.45, 7) is 12.2. The summed E-state index contributed by atoms with van der Waals surface area (Å²) in [6, 6.07) is 2.27. The fourth-order valence-electron chi connectivity index (χ4n) is 3.76. The average molecular weight is 531 g/mol. The molecule has 162 valence electrons. The Labute approximate surface area is 196 Å². The van der Waals surface area contributed by atoms with Gasteiger partial charge in [0.1, 0.15) is 0 Å². The number of guanidine groups is 1. The molecule has 3 rings (SSSR count). The van der Waals surface area contributed by atoms with E-state index in [4.69, 9.17) is 4.99 Å². The minimum atomic E-state index is 0. The maximum Gasteiger partial charge on any atom is 0.194 e. The zero-order valence-electron chi connectivity index (χ0n) is 18.3. The van der Waals surface area contributed by atoms with Gasteiger partial charge in [0.2, 0.25) is 0 Å². The number of hydrogen-bond acceptors (Lipinski definition) is 4. The first-order chi connectivity index (χ1) is 13.5. The summed E-state index contributed by atoms with van der Waals surface area (Å²) < 4.78 is 1.91. The molecule has 0 atom stereocenters. The third-order valence-electron chi connectivity index (χ3n) is 5.15. The minimum absolute atomic E-state index is 0. The molecule has 0 unspecified atom stereocenters. The van der Waals surface area contributed by atoms with Gasteiger partial charge < -0.3 is 10.2 Å². The molecule has 0 aromatic carbocycles. The summed E-state index contributed by atoms with van der Waals surface area (Å²) in [6.07, 6.45) is 3.30. The van der Waals surface area contributed by atoms with Crippen LogP contribution in [0, 0.1) is 0 Å². The van der Waals surface area contributed by atoms with Crippen LogP contribution in [-0.2, 0) is 26.6 Å². The Morgan fingerprint density at radius 2 is 2.21 bits per heavy atom. The lowest BCUT2D eigenvalue weighted by molar-refractivity contribution is 0.263. The molecular formula is C21H35IN6S. The van der Waals surface area contributed by atoms with Crippen molar-refractivity contribution in [3.05, 3.63) is 39.3 Å². The Morgan fingerprint density at radius 3 is 2.93 bits per heavy atom. The fraction of sp³-hybridized carbons (Fsp3) is 0.619. The topological polar surface area (TPSA) is 48.7 Å². The Bertz CT molecular complexity index is 797. The van der Waals surface area contributed by atoms with Crippen LogP contribution in [0.2, 0.25) is 0 Å². The second-order valence-corrected chi connectivity index (χ2v) is 8.86. The lowest BCUT2D eigenvalue weighted by Crippen LogP contribution is -2.39. The summed E-state index contributed by atoms with van der Waals surface area (Å²) in [4.78, 5) is 11.2. The molecule has 0 aliphatic carbocycles. The zero-order chi connectivity index (χ0) is 20.1. The number of aryl methyl sites for hydroxylation is 1. The van der Waals surface area contributed by atoms with E-state index in [1.54, 1.807) is 4.88 Å². The quantitative estimate of drug-likeness (QED) is 0.337. The van der Waals surface area contributed by atoms with Crippen LogP contribution in [0.5, 0.6) is 0 Å². The van der Waals surface area contributed by atoms with Gasteiger partial charge in [-0.2, -0.15) is 5.10 Å². The summed E-state index contributed by atoms with van der Waals surface area (Å²) >= 11 is 1.89. The van der Waals surface area contributed by atoms with Gasteiger partial charge in [0, 0.05) is 63.5 Å². The zero-order valence-corrected chi connectivity index (χ0v) is 21.5. The molecule has 1 aliphatic rings. The first-order valence-corrected chi connectivity index (χ1v) is 11.1. The summed E-state index contributed by atoms with van der Waals surface area (Å²) in [5.74, 6) is 1.39. The normalized spacial score (nSPS) is 14.6. The number of halogens is 1. The van der Waals surface area contributed by atoms with Gasteiger partial charge in [-0.3, -0.25) is 14.6 Å². The maximum atomic E-state index is 4.89. The number of aromatic nitrogens is 2. The number of fused-ring (bicyclic) bond motifs is 1. The highest BCUT2D eigenvalue weighted by molar-refractivity contribution is 14.0. The van der Waals surface area contributed by atoms with E-state index in [1.165, 1.54) is 23.2 Å². The summed E-state index contributed by atoms with van der Waals surface area (Å²) in [5, 5.41) is 10.3. The second-order valence-electron chi connectivity index (χ2n) is 7.85. The van der Waals surface area contributed by atoms with Crippen molar-refractivity contribution in [1.82, 2.24) is 24.9 Å². The number of aliphatic imine (C=N–C) groups is 1. The van der Waals surface area contributed by atoms with E-state index < -0.39 is 0 Å². The highest BCUT2D eigenvalue weighted by Gasteiger charge is 2.17. The van der Waals surface area contributed by atoms with E-state index in [9.17, 15) is 0 Å². The molecule has 2 aromatic rings. The monoisotopic (exact) mass is 530 g/mol. The van der Waals surface area contributed by atoms with Gasteiger partial charge in [0.15, 0.2) is 5.96 Å².